The van der Waals surface area contributed by atoms with E-state index < -0.39 is 0 Å². The van der Waals surface area contributed by atoms with Gasteiger partial charge in [0.15, 0.2) is 0 Å². The molecule has 136 valence electrons. The molecule has 8 heteroatoms. The number of carbonyl (C=O) groups excluding carboxylic acids is 2. The molecule has 0 aliphatic carbocycles. The van der Waals surface area contributed by atoms with E-state index in [0.717, 1.165) is 0 Å². The third kappa shape index (κ3) is 4.27. The Bertz CT molecular complexity index is 742. The zero-order chi connectivity index (χ0) is 18.4. The van der Waals surface area contributed by atoms with Gasteiger partial charge in [-0.3, -0.25) is 4.79 Å². The smallest absolute Gasteiger partial charge is 0.319 e. The molecule has 1 aromatic carbocycles. The summed E-state index contributed by atoms with van der Waals surface area (Å²) in [5, 5.41) is 5.38. The summed E-state index contributed by atoms with van der Waals surface area (Å²) < 4.78 is 0. The van der Waals surface area contributed by atoms with Crippen molar-refractivity contribution >= 4 is 23.6 Å². The zero-order valence-electron chi connectivity index (χ0n) is 14.7. The number of hydrogen-bond donors (Lipinski definition) is 2. The molecule has 0 unspecified atom stereocenters. The molecule has 1 aromatic heterocycles. The molecule has 0 bridgehead atoms. The average Bonchev–Trinajstić information content (AvgIpc) is 2.69. The first-order valence-electron chi connectivity index (χ1n) is 8.63. The fraction of sp³-hybridized carbons (Fsp3) is 0.333. The number of anilines is 2. The minimum Gasteiger partial charge on any atom is -0.338 e. The summed E-state index contributed by atoms with van der Waals surface area (Å²) in [6.07, 6.45) is 3.44. The number of aromatic nitrogens is 2. The Kier molecular flexibility index (Phi) is 5.62. The molecule has 0 atom stereocenters. The van der Waals surface area contributed by atoms with E-state index in [1.165, 1.54) is 0 Å². The maximum Gasteiger partial charge on any atom is 0.319 e. The van der Waals surface area contributed by atoms with E-state index in [1.807, 2.05) is 11.8 Å². The van der Waals surface area contributed by atoms with E-state index in [-0.39, 0.29) is 11.9 Å². The van der Waals surface area contributed by atoms with Crippen molar-refractivity contribution in [2.75, 3.05) is 42.9 Å². The van der Waals surface area contributed by atoms with Crippen LogP contribution in [-0.2, 0) is 0 Å². The van der Waals surface area contributed by atoms with Gasteiger partial charge in [0.25, 0.3) is 5.91 Å². The molecule has 3 rings (SSSR count). The van der Waals surface area contributed by atoms with Gasteiger partial charge in [-0.05, 0) is 37.3 Å². The molecule has 0 saturated carbocycles. The van der Waals surface area contributed by atoms with E-state index in [1.54, 1.807) is 42.7 Å². The number of amides is 3. The number of benzene rings is 1. The van der Waals surface area contributed by atoms with Crippen LogP contribution >= 0.6 is 0 Å². The molecular formula is C18H22N6O2. The number of urea groups is 1. The molecule has 1 saturated heterocycles. The highest BCUT2D eigenvalue weighted by Crippen LogP contribution is 2.15. The lowest BCUT2D eigenvalue weighted by molar-refractivity contribution is 0.0746. The highest BCUT2D eigenvalue weighted by atomic mass is 16.2. The third-order valence-electron chi connectivity index (χ3n) is 4.13. The molecule has 1 aliphatic rings. The Hall–Kier alpha value is -3.16. The maximum absolute atomic E-state index is 12.7. The Morgan fingerprint density at radius 3 is 2.31 bits per heavy atom. The second-order valence-corrected chi connectivity index (χ2v) is 5.89. The number of hydrogen-bond acceptors (Lipinski definition) is 5. The first-order chi connectivity index (χ1) is 12.7. The number of nitrogens with one attached hydrogen (secondary N) is 2. The summed E-state index contributed by atoms with van der Waals surface area (Å²) in [5.74, 6) is 0.684. The minimum atomic E-state index is -0.258. The monoisotopic (exact) mass is 354 g/mol. The lowest BCUT2D eigenvalue weighted by Crippen LogP contribution is -2.49. The first-order valence-corrected chi connectivity index (χ1v) is 8.63. The average molecular weight is 354 g/mol. The highest BCUT2D eigenvalue weighted by molar-refractivity contribution is 5.95. The van der Waals surface area contributed by atoms with E-state index >= 15 is 0 Å². The Morgan fingerprint density at radius 2 is 1.69 bits per heavy atom. The van der Waals surface area contributed by atoms with Gasteiger partial charge in [0.05, 0.1) is 0 Å². The number of carbonyl (C=O) groups is 2. The van der Waals surface area contributed by atoms with Gasteiger partial charge < -0.3 is 20.4 Å². The highest BCUT2D eigenvalue weighted by Gasteiger charge is 2.23. The first kappa shape index (κ1) is 17.7. The van der Waals surface area contributed by atoms with Crippen molar-refractivity contribution in [2.45, 2.75) is 6.92 Å². The fourth-order valence-electron chi connectivity index (χ4n) is 2.78. The quantitative estimate of drug-likeness (QED) is 0.870. The molecule has 8 nitrogen and oxygen atoms in total. The molecule has 3 amide bonds. The number of rotatable bonds is 4. The van der Waals surface area contributed by atoms with Crippen molar-refractivity contribution in [2.24, 2.45) is 0 Å². The Balaban J connectivity index is 1.56. The predicted octanol–water partition coefficient (Wildman–Crippen LogP) is 1.58. The third-order valence-corrected chi connectivity index (χ3v) is 4.13. The number of piperazine rings is 1. The maximum atomic E-state index is 12.7. The van der Waals surface area contributed by atoms with Crippen LogP contribution in [0.1, 0.15) is 17.3 Å². The molecule has 26 heavy (non-hydrogen) atoms. The van der Waals surface area contributed by atoms with E-state index in [2.05, 4.69) is 25.5 Å². The molecule has 2 N–H and O–H groups in total. The Labute approximate surface area is 152 Å². The lowest BCUT2D eigenvalue weighted by Gasteiger charge is -2.34. The summed E-state index contributed by atoms with van der Waals surface area (Å²) >= 11 is 0. The zero-order valence-corrected chi connectivity index (χ0v) is 14.7. The van der Waals surface area contributed by atoms with Crippen molar-refractivity contribution in [3.05, 3.63) is 48.3 Å². The van der Waals surface area contributed by atoms with Crippen LogP contribution in [0.3, 0.4) is 0 Å². The van der Waals surface area contributed by atoms with Gasteiger partial charge in [0, 0.05) is 56.4 Å². The molecule has 2 heterocycles. The van der Waals surface area contributed by atoms with E-state index in [9.17, 15) is 9.59 Å². The van der Waals surface area contributed by atoms with Crippen molar-refractivity contribution in [1.82, 2.24) is 20.2 Å². The van der Waals surface area contributed by atoms with Crippen LogP contribution in [0.25, 0.3) is 0 Å². The summed E-state index contributed by atoms with van der Waals surface area (Å²) in [6, 6.07) is 8.46. The molecule has 0 spiro atoms. The fourth-order valence-corrected chi connectivity index (χ4v) is 2.78. The molecule has 1 aliphatic heterocycles. The second-order valence-electron chi connectivity index (χ2n) is 5.89. The van der Waals surface area contributed by atoms with Gasteiger partial charge in [0.1, 0.15) is 0 Å². The summed E-state index contributed by atoms with van der Waals surface area (Å²) in [5.41, 5.74) is 1.26. The normalized spacial score (nSPS) is 14.0. The van der Waals surface area contributed by atoms with Gasteiger partial charge in [-0.1, -0.05) is 0 Å². The molecule has 0 radical (unpaired) electrons. The Morgan fingerprint density at radius 1 is 1.04 bits per heavy atom. The summed E-state index contributed by atoms with van der Waals surface area (Å²) in [7, 11) is 0. The van der Waals surface area contributed by atoms with Crippen LogP contribution in [0.15, 0.2) is 42.7 Å². The van der Waals surface area contributed by atoms with Crippen molar-refractivity contribution < 1.29 is 9.59 Å². The van der Waals surface area contributed by atoms with E-state index in [4.69, 9.17) is 0 Å². The molecule has 2 aromatic rings. The van der Waals surface area contributed by atoms with Gasteiger partial charge in [-0.2, -0.15) is 0 Å². The standard InChI is InChI=1S/C18H22N6O2/c1-2-19-18(26)22-15-6-4-14(5-7-15)16(25)23-10-12-24(13-11-23)17-20-8-3-9-21-17/h3-9H,2,10-13H2,1H3,(H2,19,22,26). The van der Waals surface area contributed by atoms with Crippen LogP contribution < -0.4 is 15.5 Å². The lowest BCUT2D eigenvalue weighted by atomic mass is 10.1. The van der Waals surface area contributed by atoms with Gasteiger partial charge >= 0.3 is 6.03 Å². The van der Waals surface area contributed by atoms with Crippen LogP contribution in [0.4, 0.5) is 16.4 Å². The molecule has 1 fully saturated rings. The van der Waals surface area contributed by atoms with Crippen molar-refractivity contribution in [3.63, 3.8) is 0 Å². The largest absolute Gasteiger partial charge is 0.338 e. The van der Waals surface area contributed by atoms with Crippen LogP contribution in [0, 0.1) is 0 Å². The van der Waals surface area contributed by atoms with Crippen molar-refractivity contribution in [1.29, 1.82) is 0 Å². The summed E-state index contributed by atoms with van der Waals surface area (Å²) in [6.45, 7) is 5.05. The van der Waals surface area contributed by atoms with E-state index in [0.29, 0.717) is 49.9 Å². The van der Waals surface area contributed by atoms with Crippen molar-refractivity contribution in [3.8, 4) is 0 Å². The van der Waals surface area contributed by atoms with Gasteiger partial charge in [0.2, 0.25) is 5.95 Å². The van der Waals surface area contributed by atoms with Gasteiger partial charge in [-0.25, -0.2) is 14.8 Å². The van der Waals surface area contributed by atoms with Gasteiger partial charge in [-0.15, -0.1) is 0 Å². The predicted molar refractivity (Wildman–Crippen MR) is 99.3 cm³/mol. The molecular weight excluding hydrogens is 332 g/mol. The summed E-state index contributed by atoms with van der Waals surface area (Å²) in [4.78, 5) is 36.6. The van der Waals surface area contributed by atoms with Crippen LogP contribution in [-0.4, -0.2) is 59.5 Å². The van der Waals surface area contributed by atoms with Crippen LogP contribution in [0.2, 0.25) is 0 Å². The SMILES string of the molecule is CCNC(=O)Nc1ccc(C(=O)N2CCN(c3ncccn3)CC2)cc1. The number of nitrogens with zero attached hydrogens (tertiary/aromatic N) is 4. The van der Waals surface area contributed by atoms with Crippen LogP contribution in [0.5, 0.6) is 0 Å². The second kappa shape index (κ2) is 8.28. The minimum absolute atomic E-state index is 0.0109. The topological polar surface area (TPSA) is 90.5 Å².